The van der Waals surface area contributed by atoms with Gasteiger partial charge in [0.25, 0.3) is 5.22 Å². The summed E-state index contributed by atoms with van der Waals surface area (Å²) in [5, 5.41) is 12.9. The molecule has 26 heavy (non-hydrogen) atoms. The van der Waals surface area contributed by atoms with Crippen molar-refractivity contribution >= 4 is 29.4 Å². The molecule has 0 fully saturated rings. The van der Waals surface area contributed by atoms with Gasteiger partial charge in [-0.05, 0) is 12.1 Å². The summed E-state index contributed by atoms with van der Waals surface area (Å²) < 4.78 is 15.9. The Morgan fingerprint density at radius 2 is 1.96 bits per heavy atom. The highest BCUT2D eigenvalue weighted by molar-refractivity contribution is 7.99. The van der Waals surface area contributed by atoms with E-state index >= 15 is 0 Å². The number of carbonyl (C=O) groups is 2. The number of benzene rings is 1. The standard InChI is InChI=1S/C16H18N4O5S/c1-16(2,3)13-19-20-15(25-13)26-7-12(21)18-14(22)17-9-4-5-10-11(6-9)24-8-23-10/h4-6H,7-8H2,1-3H3,(H2,17,18,21,22). The first kappa shape index (κ1) is 18.1. The number of ether oxygens (including phenoxy) is 2. The van der Waals surface area contributed by atoms with Crippen molar-refractivity contribution in [1.29, 1.82) is 0 Å². The number of thioether (sulfide) groups is 1. The fourth-order valence-electron chi connectivity index (χ4n) is 2.00. The number of imide groups is 1. The van der Waals surface area contributed by atoms with Crippen LogP contribution in [0.15, 0.2) is 27.8 Å². The van der Waals surface area contributed by atoms with Crippen molar-refractivity contribution in [3.05, 3.63) is 24.1 Å². The number of urea groups is 1. The van der Waals surface area contributed by atoms with Crippen molar-refractivity contribution in [2.75, 3.05) is 17.9 Å². The number of hydrogen-bond acceptors (Lipinski definition) is 8. The van der Waals surface area contributed by atoms with E-state index in [1.54, 1.807) is 18.2 Å². The lowest BCUT2D eigenvalue weighted by Crippen LogP contribution is -2.35. The third kappa shape index (κ3) is 4.45. The Morgan fingerprint density at radius 1 is 1.19 bits per heavy atom. The van der Waals surface area contributed by atoms with Gasteiger partial charge < -0.3 is 19.2 Å². The number of hydrogen-bond donors (Lipinski definition) is 2. The zero-order chi connectivity index (χ0) is 18.7. The van der Waals surface area contributed by atoms with Crippen LogP contribution in [-0.2, 0) is 10.2 Å². The normalized spacial score (nSPS) is 12.7. The second kappa shape index (κ2) is 7.24. The van der Waals surface area contributed by atoms with E-state index < -0.39 is 11.9 Å². The third-order valence-corrected chi connectivity index (χ3v) is 4.08. The molecular weight excluding hydrogens is 360 g/mol. The summed E-state index contributed by atoms with van der Waals surface area (Å²) in [5.74, 6) is 1.12. The fraction of sp³-hybridized carbons (Fsp3) is 0.375. The molecule has 0 aliphatic carbocycles. The molecule has 1 aliphatic rings. The molecule has 3 amide bonds. The number of aromatic nitrogens is 2. The summed E-state index contributed by atoms with van der Waals surface area (Å²) in [4.78, 5) is 23.8. The molecule has 0 saturated heterocycles. The van der Waals surface area contributed by atoms with Crippen LogP contribution in [0.5, 0.6) is 11.5 Å². The van der Waals surface area contributed by atoms with Crippen LogP contribution in [0.4, 0.5) is 10.5 Å². The van der Waals surface area contributed by atoms with Gasteiger partial charge in [-0.3, -0.25) is 10.1 Å². The maximum Gasteiger partial charge on any atom is 0.325 e. The summed E-state index contributed by atoms with van der Waals surface area (Å²) in [7, 11) is 0. The second-order valence-electron chi connectivity index (χ2n) is 6.48. The van der Waals surface area contributed by atoms with E-state index in [4.69, 9.17) is 13.9 Å². The van der Waals surface area contributed by atoms with Gasteiger partial charge in [0.2, 0.25) is 18.6 Å². The number of rotatable bonds is 4. The predicted molar refractivity (Wildman–Crippen MR) is 93.4 cm³/mol. The summed E-state index contributed by atoms with van der Waals surface area (Å²) in [6.07, 6.45) is 0. The van der Waals surface area contributed by atoms with Crippen molar-refractivity contribution < 1.29 is 23.5 Å². The lowest BCUT2D eigenvalue weighted by Gasteiger charge is -2.10. The molecule has 10 heteroatoms. The van der Waals surface area contributed by atoms with Crippen LogP contribution < -0.4 is 20.1 Å². The largest absolute Gasteiger partial charge is 0.454 e. The van der Waals surface area contributed by atoms with E-state index in [0.29, 0.717) is 23.1 Å². The van der Waals surface area contributed by atoms with Gasteiger partial charge in [0.15, 0.2) is 11.5 Å². The minimum absolute atomic E-state index is 0.0274. The Balaban J connectivity index is 1.47. The molecule has 0 spiro atoms. The first-order valence-corrected chi connectivity index (χ1v) is 8.77. The molecule has 138 valence electrons. The predicted octanol–water partition coefficient (Wildman–Crippen LogP) is 2.54. The molecule has 9 nitrogen and oxygen atoms in total. The quantitative estimate of drug-likeness (QED) is 0.780. The van der Waals surface area contributed by atoms with Gasteiger partial charge in [-0.25, -0.2) is 4.79 Å². The second-order valence-corrected chi connectivity index (χ2v) is 7.41. The van der Waals surface area contributed by atoms with Crippen LogP contribution in [0, 0.1) is 0 Å². The molecule has 1 aromatic heterocycles. The number of anilines is 1. The Labute approximate surface area is 153 Å². The fourth-order valence-corrected chi connectivity index (χ4v) is 2.56. The molecule has 1 aliphatic heterocycles. The average Bonchev–Trinajstić information content (AvgIpc) is 3.21. The van der Waals surface area contributed by atoms with Crippen LogP contribution in [-0.4, -0.2) is 34.7 Å². The van der Waals surface area contributed by atoms with Gasteiger partial charge >= 0.3 is 6.03 Å². The van der Waals surface area contributed by atoms with Gasteiger partial charge in [0.05, 0.1) is 5.75 Å². The molecule has 3 rings (SSSR count). The Kier molecular flexibility index (Phi) is 5.03. The smallest absolute Gasteiger partial charge is 0.325 e. The van der Waals surface area contributed by atoms with E-state index in [1.807, 2.05) is 20.8 Å². The number of amides is 3. The highest BCUT2D eigenvalue weighted by atomic mass is 32.2. The zero-order valence-electron chi connectivity index (χ0n) is 14.5. The van der Waals surface area contributed by atoms with Crippen molar-refractivity contribution in [3.8, 4) is 11.5 Å². The highest BCUT2D eigenvalue weighted by Crippen LogP contribution is 2.34. The molecule has 1 aromatic carbocycles. The maximum absolute atomic E-state index is 11.9. The van der Waals surface area contributed by atoms with Gasteiger partial charge in [-0.1, -0.05) is 32.5 Å². The average molecular weight is 378 g/mol. The van der Waals surface area contributed by atoms with E-state index in [9.17, 15) is 9.59 Å². The van der Waals surface area contributed by atoms with E-state index in [1.165, 1.54) is 0 Å². The molecule has 0 radical (unpaired) electrons. The Morgan fingerprint density at radius 3 is 2.69 bits per heavy atom. The molecule has 0 unspecified atom stereocenters. The maximum atomic E-state index is 11.9. The molecule has 2 heterocycles. The van der Waals surface area contributed by atoms with Crippen molar-refractivity contribution in [1.82, 2.24) is 15.5 Å². The summed E-state index contributed by atoms with van der Waals surface area (Å²) in [6, 6.07) is 4.31. The van der Waals surface area contributed by atoms with Gasteiger partial charge in [0.1, 0.15) is 0 Å². The molecule has 0 saturated carbocycles. The van der Waals surface area contributed by atoms with Crippen molar-refractivity contribution in [2.45, 2.75) is 31.4 Å². The summed E-state index contributed by atoms with van der Waals surface area (Å²) in [6.45, 7) is 5.99. The molecule has 2 aromatic rings. The molecule has 0 bridgehead atoms. The lowest BCUT2D eigenvalue weighted by molar-refractivity contribution is -0.117. The lowest BCUT2D eigenvalue weighted by atomic mass is 9.97. The van der Waals surface area contributed by atoms with Gasteiger partial charge in [0, 0.05) is 17.2 Å². The van der Waals surface area contributed by atoms with Crippen LogP contribution >= 0.6 is 11.8 Å². The number of fused-ring (bicyclic) bond motifs is 1. The van der Waals surface area contributed by atoms with Gasteiger partial charge in [-0.2, -0.15) is 0 Å². The first-order chi connectivity index (χ1) is 12.3. The highest BCUT2D eigenvalue weighted by Gasteiger charge is 2.22. The molecular formula is C16H18N4O5S. The van der Waals surface area contributed by atoms with Crippen LogP contribution in [0.3, 0.4) is 0 Å². The minimum Gasteiger partial charge on any atom is -0.454 e. The first-order valence-electron chi connectivity index (χ1n) is 7.78. The summed E-state index contributed by atoms with van der Waals surface area (Å²) >= 11 is 1.06. The van der Waals surface area contributed by atoms with E-state index in [0.717, 1.165) is 11.8 Å². The van der Waals surface area contributed by atoms with Crippen molar-refractivity contribution in [2.24, 2.45) is 0 Å². The van der Waals surface area contributed by atoms with E-state index in [2.05, 4.69) is 20.8 Å². The van der Waals surface area contributed by atoms with Crippen LogP contribution in [0.1, 0.15) is 26.7 Å². The molecule has 0 atom stereocenters. The number of nitrogens with zero attached hydrogens (tertiary/aromatic N) is 2. The summed E-state index contributed by atoms with van der Waals surface area (Å²) in [5.41, 5.74) is 0.220. The third-order valence-electron chi connectivity index (χ3n) is 3.26. The Bertz CT molecular complexity index is 830. The monoisotopic (exact) mass is 378 g/mol. The Hall–Kier alpha value is -2.75. The number of nitrogens with one attached hydrogen (secondary N) is 2. The van der Waals surface area contributed by atoms with E-state index in [-0.39, 0.29) is 23.2 Å². The topological polar surface area (TPSA) is 116 Å². The zero-order valence-corrected chi connectivity index (χ0v) is 15.3. The van der Waals surface area contributed by atoms with Gasteiger partial charge in [-0.15, -0.1) is 10.2 Å². The van der Waals surface area contributed by atoms with Crippen LogP contribution in [0.25, 0.3) is 0 Å². The van der Waals surface area contributed by atoms with Crippen LogP contribution in [0.2, 0.25) is 0 Å². The number of carbonyl (C=O) groups excluding carboxylic acids is 2. The van der Waals surface area contributed by atoms with Crippen molar-refractivity contribution in [3.63, 3.8) is 0 Å². The SMILES string of the molecule is CC(C)(C)c1nnc(SCC(=O)NC(=O)Nc2ccc3c(c2)OCO3)o1. The minimum atomic E-state index is -0.643. The molecule has 2 N–H and O–H groups in total.